The van der Waals surface area contributed by atoms with E-state index in [4.69, 9.17) is 14.2 Å². The fraction of sp³-hybridized carbons (Fsp3) is 0.208. The summed E-state index contributed by atoms with van der Waals surface area (Å²) >= 11 is 3.32. The SMILES string of the molecule is COC(=O)C1(C(=O)OC)C2=C(C(=O)c3ccccc3C2=O)C(OC(C)=O)c2ccc(Br)cc21. The van der Waals surface area contributed by atoms with Gasteiger partial charge in [-0.1, -0.05) is 46.3 Å². The van der Waals surface area contributed by atoms with Crippen molar-refractivity contribution in [1.82, 2.24) is 0 Å². The molecule has 2 aromatic carbocycles. The van der Waals surface area contributed by atoms with Crippen molar-refractivity contribution in [2.75, 3.05) is 14.2 Å². The highest BCUT2D eigenvalue weighted by Gasteiger charge is 2.63. The Morgan fingerprint density at radius 1 is 0.909 bits per heavy atom. The maximum atomic E-state index is 13.8. The average Bonchev–Trinajstić information content (AvgIpc) is 2.80. The van der Waals surface area contributed by atoms with Crippen LogP contribution in [0.15, 0.2) is 58.1 Å². The van der Waals surface area contributed by atoms with Gasteiger partial charge >= 0.3 is 17.9 Å². The largest absolute Gasteiger partial charge is 0.468 e. The van der Waals surface area contributed by atoms with Gasteiger partial charge in [-0.2, -0.15) is 0 Å². The molecule has 33 heavy (non-hydrogen) atoms. The zero-order chi connectivity index (χ0) is 24.1. The Labute approximate surface area is 196 Å². The maximum absolute atomic E-state index is 13.8. The van der Waals surface area contributed by atoms with E-state index in [0.29, 0.717) is 4.47 Å². The lowest BCUT2D eigenvalue weighted by atomic mass is 9.60. The minimum atomic E-state index is -2.41. The van der Waals surface area contributed by atoms with Crippen LogP contribution in [0.5, 0.6) is 0 Å². The monoisotopic (exact) mass is 512 g/mol. The topological polar surface area (TPSA) is 113 Å². The number of Topliss-reactive ketones (excluding diaryl/α,β-unsaturated/α-hetero) is 2. The minimum Gasteiger partial charge on any atom is -0.468 e. The van der Waals surface area contributed by atoms with Gasteiger partial charge in [0, 0.05) is 33.7 Å². The van der Waals surface area contributed by atoms with Crippen LogP contribution in [0.1, 0.15) is 44.9 Å². The van der Waals surface area contributed by atoms with Crippen molar-refractivity contribution >= 4 is 45.4 Å². The molecule has 0 amide bonds. The van der Waals surface area contributed by atoms with E-state index in [9.17, 15) is 24.0 Å². The summed E-state index contributed by atoms with van der Waals surface area (Å²) in [6.45, 7) is 1.16. The van der Waals surface area contributed by atoms with Crippen molar-refractivity contribution < 1.29 is 38.2 Å². The molecule has 0 aromatic heterocycles. The number of esters is 3. The summed E-state index contributed by atoms with van der Waals surface area (Å²) in [5.41, 5.74) is -2.85. The number of benzene rings is 2. The molecule has 0 aliphatic heterocycles. The van der Waals surface area contributed by atoms with Crippen LogP contribution < -0.4 is 0 Å². The smallest absolute Gasteiger partial charge is 0.332 e. The summed E-state index contributed by atoms with van der Waals surface area (Å²) in [6.07, 6.45) is -1.33. The van der Waals surface area contributed by atoms with Crippen LogP contribution in [-0.4, -0.2) is 43.7 Å². The van der Waals surface area contributed by atoms with E-state index in [0.717, 1.165) is 21.1 Å². The van der Waals surface area contributed by atoms with Gasteiger partial charge in [0.2, 0.25) is 5.41 Å². The molecule has 0 bridgehead atoms. The van der Waals surface area contributed by atoms with E-state index in [1.807, 2.05) is 0 Å². The predicted molar refractivity (Wildman–Crippen MR) is 116 cm³/mol. The molecule has 1 unspecified atom stereocenters. The molecule has 9 heteroatoms. The summed E-state index contributed by atoms with van der Waals surface area (Å²) in [5.74, 6) is -4.31. The van der Waals surface area contributed by atoms with E-state index >= 15 is 0 Å². The average molecular weight is 513 g/mol. The van der Waals surface area contributed by atoms with E-state index in [1.54, 1.807) is 18.2 Å². The third-order valence-electron chi connectivity index (χ3n) is 5.76. The Morgan fingerprint density at radius 2 is 1.48 bits per heavy atom. The van der Waals surface area contributed by atoms with Crippen LogP contribution in [0.25, 0.3) is 0 Å². The van der Waals surface area contributed by atoms with Crippen molar-refractivity contribution in [2.24, 2.45) is 0 Å². The summed E-state index contributed by atoms with van der Waals surface area (Å²) in [4.78, 5) is 66.2. The molecule has 168 valence electrons. The van der Waals surface area contributed by atoms with Gasteiger partial charge in [0.15, 0.2) is 17.7 Å². The first-order chi connectivity index (χ1) is 15.7. The Morgan fingerprint density at radius 3 is 2.03 bits per heavy atom. The number of ketones is 2. The first kappa shape index (κ1) is 22.6. The molecule has 0 heterocycles. The molecule has 4 rings (SSSR count). The second kappa shape index (κ2) is 8.08. The van der Waals surface area contributed by atoms with Gasteiger partial charge < -0.3 is 14.2 Å². The molecule has 1 atom stereocenters. The first-order valence-electron chi connectivity index (χ1n) is 9.77. The van der Waals surface area contributed by atoms with Crippen LogP contribution in [0, 0.1) is 0 Å². The lowest BCUT2D eigenvalue weighted by Crippen LogP contribution is -2.54. The van der Waals surface area contributed by atoms with Crippen LogP contribution in [0.4, 0.5) is 0 Å². The summed E-state index contributed by atoms with van der Waals surface area (Å²) in [6, 6.07) is 10.6. The number of fused-ring (bicyclic) bond motifs is 2. The zero-order valence-corrected chi connectivity index (χ0v) is 19.3. The number of rotatable bonds is 3. The van der Waals surface area contributed by atoms with Crippen LogP contribution in [0.2, 0.25) is 0 Å². The van der Waals surface area contributed by atoms with Crippen molar-refractivity contribution in [3.63, 3.8) is 0 Å². The number of methoxy groups -OCH3 is 2. The highest BCUT2D eigenvalue weighted by Crippen LogP contribution is 2.52. The van der Waals surface area contributed by atoms with Gasteiger partial charge in [-0.3, -0.25) is 24.0 Å². The number of carbonyl (C=O) groups is 5. The Hall–Kier alpha value is -3.59. The Balaban J connectivity index is 2.22. The standard InChI is InChI=1S/C24H17BrO8/c1-11(26)33-21-15-9-8-12(25)10-16(15)24(22(29)31-2,23(30)32-3)18-17(21)19(27)13-6-4-5-7-14(13)20(18)28/h4-10,21H,1-3H3. The molecule has 0 spiro atoms. The molecule has 0 fully saturated rings. The third kappa shape index (κ3) is 3.06. The summed E-state index contributed by atoms with van der Waals surface area (Å²) in [5, 5.41) is 0. The lowest BCUT2D eigenvalue weighted by molar-refractivity contribution is -0.159. The third-order valence-corrected chi connectivity index (χ3v) is 6.26. The van der Waals surface area contributed by atoms with Crippen molar-refractivity contribution in [3.8, 4) is 0 Å². The molecule has 2 aliphatic rings. The molecule has 8 nitrogen and oxygen atoms in total. The summed E-state index contributed by atoms with van der Waals surface area (Å²) in [7, 11) is 2.12. The molecule has 0 saturated carbocycles. The molecule has 0 N–H and O–H groups in total. The van der Waals surface area contributed by atoms with Gasteiger partial charge in [-0.25, -0.2) is 0 Å². The molecule has 0 saturated heterocycles. The van der Waals surface area contributed by atoms with Crippen molar-refractivity contribution in [3.05, 3.63) is 80.3 Å². The maximum Gasteiger partial charge on any atom is 0.332 e. The van der Waals surface area contributed by atoms with Crippen LogP contribution >= 0.6 is 15.9 Å². The second-order valence-electron chi connectivity index (χ2n) is 7.45. The number of hydrogen-bond acceptors (Lipinski definition) is 8. The van der Waals surface area contributed by atoms with Crippen molar-refractivity contribution in [2.45, 2.75) is 18.4 Å². The summed E-state index contributed by atoms with van der Waals surface area (Å²) < 4.78 is 15.9. The zero-order valence-electron chi connectivity index (χ0n) is 17.8. The molecule has 2 aliphatic carbocycles. The van der Waals surface area contributed by atoms with Crippen LogP contribution in [0.3, 0.4) is 0 Å². The van der Waals surface area contributed by atoms with E-state index in [-0.39, 0.29) is 27.8 Å². The van der Waals surface area contributed by atoms with E-state index < -0.39 is 46.6 Å². The quantitative estimate of drug-likeness (QED) is 0.350. The van der Waals surface area contributed by atoms with Gasteiger partial charge in [0.05, 0.1) is 19.8 Å². The Bertz CT molecular complexity index is 1270. The molecule has 2 aromatic rings. The number of halogens is 1. The lowest BCUT2D eigenvalue weighted by Gasteiger charge is -2.41. The minimum absolute atomic E-state index is 0.0125. The van der Waals surface area contributed by atoms with Gasteiger partial charge in [0.25, 0.3) is 0 Å². The number of carbonyl (C=O) groups excluding carboxylic acids is 5. The fourth-order valence-corrected chi connectivity index (χ4v) is 4.85. The van der Waals surface area contributed by atoms with E-state index in [1.165, 1.54) is 24.3 Å². The van der Waals surface area contributed by atoms with Crippen molar-refractivity contribution in [1.29, 1.82) is 0 Å². The predicted octanol–water partition coefficient (Wildman–Crippen LogP) is 3.03. The van der Waals surface area contributed by atoms with E-state index in [2.05, 4.69) is 15.9 Å². The molecular weight excluding hydrogens is 496 g/mol. The Kier molecular flexibility index (Phi) is 5.53. The number of hydrogen-bond donors (Lipinski definition) is 0. The highest BCUT2D eigenvalue weighted by atomic mass is 79.9. The van der Waals surface area contributed by atoms with Gasteiger partial charge in [-0.05, 0) is 17.7 Å². The molecular formula is C24H17BrO8. The van der Waals surface area contributed by atoms with Crippen LogP contribution in [-0.2, 0) is 34.0 Å². The number of ether oxygens (including phenoxy) is 3. The second-order valence-corrected chi connectivity index (χ2v) is 8.36. The molecule has 0 radical (unpaired) electrons. The van der Waals surface area contributed by atoms with Gasteiger partial charge in [-0.15, -0.1) is 0 Å². The fourth-order valence-electron chi connectivity index (χ4n) is 4.49. The van der Waals surface area contributed by atoms with Gasteiger partial charge in [0.1, 0.15) is 0 Å². The normalized spacial score (nSPS) is 18.0. The first-order valence-corrected chi connectivity index (χ1v) is 10.6. The highest BCUT2D eigenvalue weighted by molar-refractivity contribution is 9.10.